The van der Waals surface area contributed by atoms with Crippen LogP contribution in [0.25, 0.3) is 0 Å². The summed E-state index contributed by atoms with van der Waals surface area (Å²) in [6, 6.07) is 7.99. The molecule has 0 aromatic heterocycles. The second-order valence-electron chi connectivity index (χ2n) is 7.55. The molecule has 3 rings (SSSR count). The summed E-state index contributed by atoms with van der Waals surface area (Å²) in [4.78, 5) is 49.2. The molecule has 8 nitrogen and oxygen atoms in total. The van der Waals surface area contributed by atoms with Gasteiger partial charge in [0.2, 0.25) is 5.91 Å². The highest BCUT2D eigenvalue weighted by Crippen LogP contribution is 2.25. The minimum Gasteiger partial charge on any atom is -0.455 e. The number of nitrogens with zero attached hydrogens (tertiary/aromatic N) is 1. The number of ether oxygens (including phenoxy) is 1. The fourth-order valence-corrected chi connectivity index (χ4v) is 3.91. The molecule has 1 saturated heterocycles. The third-order valence-corrected chi connectivity index (χ3v) is 6.60. The first-order chi connectivity index (χ1) is 15.5. The Labute approximate surface area is 208 Å². The van der Waals surface area contributed by atoms with E-state index in [0.717, 1.165) is 20.6 Å². The van der Waals surface area contributed by atoms with Crippen LogP contribution >= 0.6 is 39.1 Å². The Bertz CT molecular complexity index is 1140. The van der Waals surface area contributed by atoms with Crippen LogP contribution in [0.15, 0.2) is 34.8 Å². The van der Waals surface area contributed by atoms with Crippen LogP contribution < -0.4 is 10.7 Å². The average molecular weight is 557 g/mol. The van der Waals surface area contributed by atoms with Crippen molar-refractivity contribution in [1.82, 2.24) is 10.4 Å². The molecule has 2 aromatic carbocycles. The van der Waals surface area contributed by atoms with Crippen molar-refractivity contribution in [3.63, 3.8) is 0 Å². The van der Waals surface area contributed by atoms with Crippen molar-refractivity contribution >= 4 is 68.5 Å². The predicted octanol–water partition coefficient (Wildman–Crippen LogP) is 4.05. The quantitative estimate of drug-likeness (QED) is 0.522. The Kier molecular flexibility index (Phi) is 7.99. The van der Waals surface area contributed by atoms with Gasteiger partial charge in [-0.15, -0.1) is 0 Å². The molecular formula is C22H20BrCl2N3O5. The number of nitrogens with one attached hydrogen (secondary N) is 2. The molecule has 11 heteroatoms. The smallest absolute Gasteiger partial charge is 0.311 e. The molecule has 0 aliphatic carbocycles. The lowest BCUT2D eigenvalue weighted by Crippen LogP contribution is -2.43. The Hall–Kier alpha value is -2.62. The summed E-state index contributed by atoms with van der Waals surface area (Å²) in [6.07, 6.45) is -0.146. The Morgan fingerprint density at radius 2 is 1.85 bits per heavy atom. The minimum atomic E-state index is -0.809. The van der Waals surface area contributed by atoms with Gasteiger partial charge in [-0.05, 0) is 55.3 Å². The molecule has 2 aromatic rings. The van der Waals surface area contributed by atoms with E-state index in [-0.39, 0.29) is 23.6 Å². The summed E-state index contributed by atoms with van der Waals surface area (Å²) in [7, 11) is 0. The number of benzene rings is 2. The van der Waals surface area contributed by atoms with Crippen LogP contribution in [0.1, 0.15) is 27.9 Å². The van der Waals surface area contributed by atoms with Gasteiger partial charge in [-0.25, -0.2) is 0 Å². The molecule has 1 atom stereocenters. The van der Waals surface area contributed by atoms with Crippen LogP contribution in [0.5, 0.6) is 0 Å². The van der Waals surface area contributed by atoms with E-state index in [9.17, 15) is 19.2 Å². The lowest BCUT2D eigenvalue weighted by Gasteiger charge is -2.17. The summed E-state index contributed by atoms with van der Waals surface area (Å²) >= 11 is 15.2. The maximum atomic E-state index is 12.4. The van der Waals surface area contributed by atoms with Gasteiger partial charge in [-0.1, -0.05) is 39.1 Å². The van der Waals surface area contributed by atoms with E-state index in [1.807, 2.05) is 26.0 Å². The van der Waals surface area contributed by atoms with E-state index < -0.39 is 36.2 Å². The molecule has 1 heterocycles. The lowest BCUT2D eigenvalue weighted by molar-refractivity contribution is -0.151. The molecule has 0 spiro atoms. The number of halogens is 3. The molecule has 1 aliphatic rings. The first-order valence-electron chi connectivity index (χ1n) is 9.84. The summed E-state index contributed by atoms with van der Waals surface area (Å²) in [6.45, 7) is 3.17. The molecule has 2 N–H and O–H groups in total. The summed E-state index contributed by atoms with van der Waals surface area (Å²) < 4.78 is 6.01. The zero-order valence-electron chi connectivity index (χ0n) is 17.7. The molecule has 33 heavy (non-hydrogen) atoms. The van der Waals surface area contributed by atoms with Crippen molar-refractivity contribution in [3.8, 4) is 0 Å². The van der Waals surface area contributed by atoms with Crippen molar-refractivity contribution in [2.75, 3.05) is 18.5 Å². The molecule has 174 valence electrons. The maximum Gasteiger partial charge on any atom is 0.311 e. The average Bonchev–Trinajstić information content (AvgIpc) is 3.12. The molecule has 1 aliphatic heterocycles. The molecular weight excluding hydrogens is 537 g/mol. The van der Waals surface area contributed by atoms with Gasteiger partial charge in [-0.2, -0.15) is 0 Å². The van der Waals surface area contributed by atoms with Gasteiger partial charge in [0.05, 0.1) is 22.5 Å². The molecule has 1 fully saturated rings. The normalized spacial score (nSPS) is 15.4. The molecule has 3 amide bonds. The van der Waals surface area contributed by atoms with Gasteiger partial charge in [0.15, 0.2) is 6.61 Å². The first-order valence-corrected chi connectivity index (χ1v) is 11.4. The number of hydrazine groups is 1. The minimum absolute atomic E-state index is 0.0721. The largest absolute Gasteiger partial charge is 0.455 e. The molecule has 0 unspecified atom stereocenters. The summed E-state index contributed by atoms with van der Waals surface area (Å²) in [5.74, 6) is -3.03. The summed E-state index contributed by atoms with van der Waals surface area (Å²) in [5.41, 5.74) is 5.06. The number of anilines is 1. The second-order valence-corrected chi connectivity index (χ2v) is 9.22. The van der Waals surface area contributed by atoms with Gasteiger partial charge < -0.3 is 10.1 Å². The maximum absolute atomic E-state index is 12.4. The predicted molar refractivity (Wildman–Crippen MR) is 127 cm³/mol. The Balaban J connectivity index is 1.51. The van der Waals surface area contributed by atoms with Crippen LogP contribution in [0, 0.1) is 19.8 Å². The summed E-state index contributed by atoms with van der Waals surface area (Å²) in [5, 5.41) is 4.24. The lowest BCUT2D eigenvalue weighted by atomic mass is 10.1. The van der Waals surface area contributed by atoms with E-state index >= 15 is 0 Å². The SMILES string of the molecule is Cc1cc(NC(=O)COC(=O)[C@@H]2CC(=O)N(NC(=O)c3ccc(Cl)c(Cl)c3)C2)c(C)cc1Br. The van der Waals surface area contributed by atoms with Gasteiger partial charge in [0.1, 0.15) is 0 Å². The Morgan fingerprint density at radius 1 is 1.12 bits per heavy atom. The van der Waals surface area contributed by atoms with Crippen LogP contribution in [0.3, 0.4) is 0 Å². The van der Waals surface area contributed by atoms with E-state index in [2.05, 4.69) is 26.7 Å². The number of carbonyl (C=O) groups is 4. The van der Waals surface area contributed by atoms with Crippen molar-refractivity contribution < 1.29 is 23.9 Å². The molecule has 0 radical (unpaired) electrons. The number of rotatable bonds is 6. The molecule has 0 bridgehead atoms. The fourth-order valence-electron chi connectivity index (χ4n) is 3.15. The highest BCUT2D eigenvalue weighted by atomic mass is 79.9. The third kappa shape index (κ3) is 6.25. The highest BCUT2D eigenvalue weighted by molar-refractivity contribution is 9.10. The first kappa shape index (κ1) is 25.0. The topological polar surface area (TPSA) is 105 Å². The van der Waals surface area contributed by atoms with Crippen molar-refractivity contribution in [2.45, 2.75) is 20.3 Å². The highest BCUT2D eigenvalue weighted by Gasteiger charge is 2.36. The third-order valence-electron chi connectivity index (χ3n) is 5.00. The van der Waals surface area contributed by atoms with Crippen molar-refractivity contribution in [2.24, 2.45) is 5.92 Å². The van der Waals surface area contributed by atoms with E-state index in [1.165, 1.54) is 18.2 Å². The second kappa shape index (κ2) is 10.5. The van der Waals surface area contributed by atoms with Gasteiger partial charge >= 0.3 is 5.97 Å². The number of hydrogen-bond donors (Lipinski definition) is 2. The number of hydrogen-bond acceptors (Lipinski definition) is 5. The number of carbonyl (C=O) groups excluding carboxylic acids is 4. The van der Waals surface area contributed by atoms with Gasteiger partial charge in [-0.3, -0.25) is 29.6 Å². The fraction of sp³-hybridized carbons (Fsp3) is 0.273. The van der Waals surface area contributed by atoms with Gasteiger partial charge in [0.25, 0.3) is 11.8 Å². The zero-order valence-corrected chi connectivity index (χ0v) is 20.8. The van der Waals surface area contributed by atoms with Crippen molar-refractivity contribution in [1.29, 1.82) is 0 Å². The van der Waals surface area contributed by atoms with E-state index in [4.69, 9.17) is 27.9 Å². The van der Waals surface area contributed by atoms with Crippen LogP contribution in [0.2, 0.25) is 10.0 Å². The number of esters is 1. The van der Waals surface area contributed by atoms with Crippen molar-refractivity contribution in [3.05, 3.63) is 61.5 Å². The monoisotopic (exact) mass is 555 g/mol. The molecule has 0 saturated carbocycles. The van der Waals surface area contributed by atoms with Crippen LogP contribution in [0.4, 0.5) is 5.69 Å². The standard InChI is InChI=1S/C22H20BrCl2N3O5/c1-11-6-18(12(2)5-15(11)23)26-19(29)10-33-22(32)14-8-20(30)28(9-14)27-21(31)13-3-4-16(24)17(25)7-13/h3-7,14H,8-10H2,1-2H3,(H,26,29)(H,27,31)/t14-/m1/s1. The number of aryl methyl sites for hydroxylation is 2. The van der Waals surface area contributed by atoms with Gasteiger partial charge in [0, 0.05) is 22.1 Å². The number of amides is 3. The van der Waals surface area contributed by atoms with E-state index in [1.54, 1.807) is 0 Å². The zero-order chi connectivity index (χ0) is 24.3. The Morgan fingerprint density at radius 3 is 2.55 bits per heavy atom. The van der Waals surface area contributed by atoms with Crippen LogP contribution in [-0.2, 0) is 19.1 Å². The van der Waals surface area contributed by atoms with Crippen LogP contribution in [-0.4, -0.2) is 41.9 Å². The van der Waals surface area contributed by atoms with E-state index in [0.29, 0.717) is 10.7 Å².